The van der Waals surface area contributed by atoms with Crippen molar-refractivity contribution in [2.24, 2.45) is 5.84 Å². The second kappa shape index (κ2) is 6.94. The maximum atomic E-state index is 12.4. The first-order valence-corrected chi connectivity index (χ1v) is 9.13. The van der Waals surface area contributed by atoms with Crippen molar-refractivity contribution in [1.82, 2.24) is 10.4 Å². The van der Waals surface area contributed by atoms with Gasteiger partial charge in [0, 0.05) is 41.7 Å². The van der Waals surface area contributed by atoms with E-state index in [1.165, 1.54) is 6.07 Å². The number of rotatable bonds is 4. The molecule has 0 spiro atoms. The van der Waals surface area contributed by atoms with E-state index < -0.39 is 5.91 Å². The summed E-state index contributed by atoms with van der Waals surface area (Å²) in [5.41, 5.74) is 4.55. The first-order chi connectivity index (χ1) is 13.6. The summed E-state index contributed by atoms with van der Waals surface area (Å²) in [7, 11) is 0. The van der Waals surface area contributed by atoms with Gasteiger partial charge >= 0.3 is 0 Å². The number of hydrogen-bond acceptors (Lipinski definition) is 6. The van der Waals surface area contributed by atoms with Crippen LogP contribution in [0.1, 0.15) is 24.2 Å². The van der Waals surface area contributed by atoms with Gasteiger partial charge in [0.15, 0.2) is 16.8 Å². The largest absolute Gasteiger partial charge is 0.453 e. The van der Waals surface area contributed by atoms with Crippen molar-refractivity contribution < 1.29 is 9.21 Å². The van der Waals surface area contributed by atoms with Gasteiger partial charge in [-0.25, -0.2) is 10.8 Å². The number of nitrogens with two attached hydrogens (primary N) is 1. The Balaban J connectivity index is 2.12. The molecule has 1 amide bonds. The van der Waals surface area contributed by atoms with Crippen LogP contribution < -0.4 is 21.6 Å². The predicted molar refractivity (Wildman–Crippen MR) is 110 cm³/mol. The number of carbonyl (C=O) groups excluding carboxylic acids is 1. The third-order valence-electron chi connectivity index (χ3n) is 4.95. The molecule has 3 N–H and O–H groups in total. The Morgan fingerprint density at radius 3 is 2.54 bits per heavy atom. The van der Waals surface area contributed by atoms with E-state index in [2.05, 4.69) is 10.3 Å². The van der Waals surface area contributed by atoms with Gasteiger partial charge in [0.25, 0.3) is 5.91 Å². The Bertz CT molecular complexity index is 1230. The van der Waals surface area contributed by atoms with Gasteiger partial charge in [-0.05, 0) is 19.9 Å². The quantitative estimate of drug-likeness (QED) is 0.187. The van der Waals surface area contributed by atoms with Crippen LogP contribution in [-0.4, -0.2) is 24.0 Å². The van der Waals surface area contributed by atoms with Crippen LogP contribution in [-0.2, 0) is 0 Å². The number of carbonyl (C=O) groups is 1. The van der Waals surface area contributed by atoms with Gasteiger partial charge in [-0.1, -0.05) is 24.3 Å². The molecule has 142 valence electrons. The minimum atomic E-state index is -0.453. The smallest absolute Gasteiger partial charge is 0.267 e. The van der Waals surface area contributed by atoms with Crippen molar-refractivity contribution in [3.63, 3.8) is 0 Å². The van der Waals surface area contributed by atoms with Gasteiger partial charge < -0.3 is 9.32 Å². The molecule has 0 saturated heterocycles. The number of benzene rings is 3. The third kappa shape index (κ3) is 2.76. The Labute approximate surface area is 161 Å². The molecule has 0 unspecified atom stereocenters. The number of anilines is 1. The van der Waals surface area contributed by atoms with Gasteiger partial charge in [-0.3, -0.25) is 15.0 Å². The van der Waals surface area contributed by atoms with E-state index in [0.29, 0.717) is 38.9 Å². The number of nitrogen functional groups attached to an aromatic ring is 1. The van der Waals surface area contributed by atoms with Crippen LogP contribution in [0, 0.1) is 0 Å². The topological polar surface area (TPSA) is 101 Å². The lowest BCUT2D eigenvalue weighted by Crippen LogP contribution is -2.31. The second-order valence-electron chi connectivity index (χ2n) is 6.47. The molecular formula is C21H20N4O3. The van der Waals surface area contributed by atoms with Gasteiger partial charge in [-0.15, -0.1) is 0 Å². The molecule has 2 aromatic carbocycles. The van der Waals surface area contributed by atoms with Crippen molar-refractivity contribution >= 4 is 33.5 Å². The van der Waals surface area contributed by atoms with Crippen molar-refractivity contribution in [3.8, 4) is 11.5 Å². The molecule has 1 aliphatic carbocycles. The summed E-state index contributed by atoms with van der Waals surface area (Å²) in [6.07, 6.45) is 0. The fourth-order valence-corrected chi connectivity index (χ4v) is 3.53. The third-order valence-corrected chi connectivity index (χ3v) is 4.95. The molecular weight excluding hydrogens is 356 g/mol. The van der Waals surface area contributed by atoms with Crippen LogP contribution >= 0.6 is 0 Å². The summed E-state index contributed by atoms with van der Waals surface area (Å²) in [6, 6.07) is 12.2. The van der Waals surface area contributed by atoms with Crippen molar-refractivity contribution in [3.05, 3.63) is 58.3 Å². The van der Waals surface area contributed by atoms with Crippen molar-refractivity contribution in [2.75, 3.05) is 18.0 Å². The van der Waals surface area contributed by atoms with E-state index in [0.717, 1.165) is 18.8 Å². The lowest BCUT2D eigenvalue weighted by atomic mass is 10.0. The molecule has 0 radical (unpaired) electrons. The molecule has 28 heavy (non-hydrogen) atoms. The highest BCUT2D eigenvalue weighted by molar-refractivity contribution is 6.07. The second-order valence-corrected chi connectivity index (χ2v) is 6.47. The van der Waals surface area contributed by atoms with Crippen molar-refractivity contribution in [1.29, 1.82) is 0 Å². The Kier molecular flexibility index (Phi) is 4.44. The first-order valence-electron chi connectivity index (χ1n) is 9.13. The van der Waals surface area contributed by atoms with Crippen LogP contribution in [0.3, 0.4) is 0 Å². The molecule has 4 rings (SSSR count). The minimum Gasteiger partial charge on any atom is -0.453 e. The lowest BCUT2D eigenvalue weighted by molar-refractivity contribution is 0.0955. The lowest BCUT2D eigenvalue weighted by Gasteiger charge is -2.22. The van der Waals surface area contributed by atoms with Crippen molar-refractivity contribution in [2.45, 2.75) is 13.8 Å². The molecule has 0 fully saturated rings. The zero-order valence-corrected chi connectivity index (χ0v) is 15.7. The molecule has 1 heterocycles. The minimum absolute atomic E-state index is 0.132. The van der Waals surface area contributed by atoms with Crippen LogP contribution in [0.25, 0.3) is 33.3 Å². The summed E-state index contributed by atoms with van der Waals surface area (Å²) >= 11 is 0. The summed E-state index contributed by atoms with van der Waals surface area (Å²) in [5, 5.41) is 1.24. The number of nitrogens with one attached hydrogen (secondary N) is 1. The Hall–Kier alpha value is -3.45. The SMILES string of the molecule is CCN(CC)c1cc(C(=O)NN)c2nc3c4ccccc4c(=O)cc-3oc2c1. The molecule has 0 bridgehead atoms. The number of amides is 1. The van der Waals surface area contributed by atoms with E-state index in [1.807, 2.05) is 32.0 Å². The molecule has 2 aliphatic rings. The van der Waals surface area contributed by atoms with Gasteiger partial charge in [0.2, 0.25) is 0 Å². The molecule has 2 aromatic rings. The zero-order chi connectivity index (χ0) is 19.8. The van der Waals surface area contributed by atoms with Gasteiger partial charge in [0.05, 0.1) is 5.56 Å². The number of hydrogen-bond donors (Lipinski definition) is 2. The maximum Gasteiger partial charge on any atom is 0.267 e. The fraction of sp³-hybridized carbons (Fsp3) is 0.190. The molecule has 0 atom stereocenters. The number of fused-ring (bicyclic) bond motifs is 4. The fourth-order valence-electron chi connectivity index (χ4n) is 3.53. The van der Waals surface area contributed by atoms with Gasteiger partial charge in [-0.2, -0.15) is 0 Å². The van der Waals surface area contributed by atoms with Gasteiger partial charge in [0.1, 0.15) is 11.2 Å². The Morgan fingerprint density at radius 2 is 1.86 bits per heavy atom. The summed E-state index contributed by atoms with van der Waals surface area (Å²) in [4.78, 5) is 31.7. The standard InChI is InChI=1S/C21H20N4O3/c1-3-25(4-2)12-9-15(21(27)24-22)20-17(10-12)28-18-11-16(26)13-7-5-6-8-14(13)19(18)23-20/h5-11H,3-4,22H2,1-2H3,(H,24,27). The molecule has 1 aliphatic heterocycles. The van der Waals surface area contributed by atoms with E-state index in [4.69, 9.17) is 15.2 Å². The normalized spacial score (nSPS) is 11.2. The van der Waals surface area contributed by atoms with Crippen LogP contribution in [0.4, 0.5) is 5.69 Å². The zero-order valence-electron chi connectivity index (χ0n) is 15.7. The van der Waals surface area contributed by atoms with E-state index in [-0.39, 0.29) is 5.43 Å². The first kappa shape index (κ1) is 17.9. The highest BCUT2D eigenvalue weighted by Crippen LogP contribution is 2.33. The number of nitrogens with zero attached hydrogens (tertiary/aromatic N) is 2. The number of hydrazine groups is 1. The molecule has 7 heteroatoms. The number of aromatic nitrogens is 1. The maximum absolute atomic E-state index is 12.4. The highest BCUT2D eigenvalue weighted by Gasteiger charge is 2.21. The van der Waals surface area contributed by atoms with E-state index in [1.54, 1.807) is 18.2 Å². The average Bonchev–Trinajstić information content (AvgIpc) is 2.72. The summed E-state index contributed by atoms with van der Waals surface area (Å²) in [6.45, 7) is 5.59. The summed E-state index contributed by atoms with van der Waals surface area (Å²) in [5.74, 6) is 5.32. The molecule has 0 saturated carbocycles. The van der Waals surface area contributed by atoms with E-state index in [9.17, 15) is 9.59 Å². The predicted octanol–water partition coefficient (Wildman–Crippen LogP) is 2.90. The molecule has 7 nitrogen and oxygen atoms in total. The van der Waals surface area contributed by atoms with Crippen LogP contribution in [0.2, 0.25) is 0 Å². The summed E-state index contributed by atoms with van der Waals surface area (Å²) < 4.78 is 6.04. The van der Waals surface area contributed by atoms with Crippen LogP contribution in [0.15, 0.2) is 51.7 Å². The Morgan fingerprint density at radius 1 is 1.14 bits per heavy atom. The molecule has 0 aromatic heterocycles. The monoisotopic (exact) mass is 376 g/mol. The van der Waals surface area contributed by atoms with Crippen LogP contribution in [0.5, 0.6) is 0 Å². The highest BCUT2D eigenvalue weighted by atomic mass is 16.3. The van der Waals surface area contributed by atoms with E-state index >= 15 is 0 Å². The average molecular weight is 376 g/mol.